The van der Waals surface area contributed by atoms with Crippen molar-refractivity contribution in [3.8, 4) is 0 Å². The number of aliphatic imine (C=N–C) groups is 1. The molecule has 2 aromatic carbocycles. The molecule has 0 aliphatic carbocycles. The van der Waals surface area contributed by atoms with Gasteiger partial charge < -0.3 is 5.48 Å². The van der Waals surface area contributed by atoms with Crippen LogP contribution in [0.25, 0.3) is 0 Å². The fraction of sp³-hybridized carbons (Fsp3) is 0.211. The standard InChI is InChI=1S/C19H18ClN5O.H2O/c1-12(26)22-19-23-24(2)17-11-21-18(13-6-4-3-5-7-13)15-10-14(20)8-9-16(15)25(17)19;/h3-10,17H,11H2,1-2H3,(H,22,23,26);1H2. The van der Waals surface area contributed by atoms with Gasteiger partial charge in [0.2, 0.25) is 11.9 Å². The molecular weight excluding hydrogens is 366 g/mol. The van der Waals surface area contributed by atoms with Crippen LogP contribution < -0.4 is 10.2 Å². The van der Waals surface area contributed by atoms with Crippen LogP contribution in [0.15, 0.2) is 58.6 Å². The molecule has 1 amide bonds. The predicted octanol–water partition coefficient (Wildman–Crippen LogP) is 1.85. The molecule has 0 saturated heterocycles. The molecule has 0 aromatic heterocycles. The molecule has 2 aromatic rings. The van der Waals surface area contributed by atoms with Crippen molar-refractivity contribution in [1.82, 2.24) is 10.3 Å². The van der Waals surface area contributed by atoms with Crippen molar-refractivity contribution in [3.05, 3.63) is 64.7 Å². The van der Waals surface area contributed by atoms with Gasteiger partial charge >= 0.3 is 0 Å². The Morgan fingerprint density at radius 1 is 1.22 bits per heavy atom. The molecule has 140 valence electrons. The molecule has 0 bridgehead atoms. The first-order chi connectivity index (χ1) is 12.5. The molecule has 7 nitrogen and oxygen atoms in total. The normalized spacial score (nSPS) is 17.8. The number of halogens is 1. The third-order valence-electron chi connectivity index (χ3n) is 4.43. The highest BCUT2D eigenvalue weighted by atomic mass is 35.5. The van der Waals surface area contributed by atoms with Crippen LogP contribution in [0.3, 0.4) is 0 Å². The molecule has 0 saturated carbocycles. The van der Waals surface area contributed by atoms with Gasteiger partial charge in [-0.25, -0.2) is 0 Å². The molecule has 1 unspecified atom stereocenters. The highest BCUT2D eigenvalue weighted by molar-refractivity contribution is 6.32. The van der Waals surface area contributed by atoms with E-state index >= 15 is 0 Å². The summed E-state index contributed by atoms with van der Waals surface area (Å²) in [5, 5.41) is 9.75. The van der Waals surface area contributed by atoms with Crippen LogP contribution in [0, 0.1) is 0 Å². The predicted molar refractivity (Wildman–Crippen MR) is 107 cm³/mol. The van der Waals surface area contributed by atoms with Gasteiger partial charge in [-0.3, -0.25) is 25.0 Å². The number of guanidine groups is 1. The van der Waals surface area contributed by atoms with E-state index in [1.807, 2.05) is 65.5 Å². The van der Waals surface area contributed by atoms with Crippen molar-refractivity contribution in [3.63, 3.8) is 0 Å². The van der Waals surface area contributed by atoms with E-state index in [1.54, 1.807) is 0 Å². The van der Waals surface area contributed by atoms with Gasteiger partial charge in [0.15, 0.2) is 0 Å². The molecule has 2 aliphatic heterocycles. The smallest absolute Gasteiger partial charge is 0.229 e. The van der Waals surface area contributed by atoms with Gasteiger partial charge in [-0.15, -0.1) is 5.10 Å². The minimum absolute atomic E-state index is 0. The average molecular weight is 386 g/mol. The topological polar surface area (TPSA) is 91.8 Å². The average Bonchev–Trinajstić information content (AvgIpc) is 2.81. The molecule has 27 heavy (non-hydrogen) atoms. The maximum atomic E-state index is 11.6. The summed E-state index contributed by atoms with van der Waals surface area (Å²) in [6.07, 6.45) is -0.113. The zero-order chi connectivity index (χ0) is 18.3. The highest BCUT2D eigenvalue weighted by Crippen LogP contribution is 2.33. The summed E-state index contributed by atoms with van der Waals surface area (Å²) >= 11 is 6.29. The molecule has 0 spiro atoms. The largest absolute Gasteiger partial charge is 0.412 e. The van der Waals surface area contributed by atoms with E-state index in [-0.39, 0.29) is 17.5 Å². The summed E-state index contributed by atoms with van der Waals surface area (Å²) in [5.74, 6) is 0.333. The second kappa shape index (κ2) is 7.38. The number of rotatable bonds is 1. The van der Waals surface area contributed by atoms with Gasteiger partial charge in [-0.2, -0.15) is 0 Å². The Bertz CT molecular complexity index is 929. The van der Waals surface area contributed by atoms with Gasteiger partial charge in [0.1, 0.15) is 6.17 Å². The Labute approximate surface area is 162 Å². The fourth-order valence-electron chi connectivity index (χ4n) is 3.30. The molecule has 2 heterocycles. The summed E-state index contributed by atoms with van der Waals surface area (Å²) in [6, 6.07) is 15.7. The maximum Gasteiger partial charge on any atom is 0.229 e. The summed E-state index contributed by atoms with van der Waals surface area (Å²) in [4.78, 5) is 18.5. The third-order valence-corrected chi connectivity index (χ3v) is 4.67. The molecule has 3 N–H and O–H groups in total. The number of anilines is 1. The summed E-state index contributed by atoms with van der Waals surface area (Å²) in [5.41, 5.74) is 3.74. The second-order valence-electron chi connectivity index (χ2n) is 6.25. The zero-order valence-corrected chi connectivity index (χ0v) is 15.7. The summed E-state index contributed by atoms with van der Waals surface area (Å²) < 4.78 is 0. The van der Waals surface area contributed by atoms with Crippen molar-refractivity contribution < 1.29 is 10.3 Å². The van der Waals surface area contributed by atoms with Crippen LogP contribution in [0.5, 0.6) is 0 Å². The Balaban J connectivity index is 0.00000210. The van der Waals surface area contributed by atoms with Crippen molar-refractivity contribution in [2.24, 2.45) is 10.1 Å². The van der Waals surface area contributed by atoms with E-state index in [9.17, 15) is 4.79 Å². The maximum absolute atomic E-state index is 11.6. The van der Waals surface area contributed by atoms with Crippen molar-refractivity contribution in [2.45, 2.75) is 13.1 Å². The molecule has 0 radical (unpaired) electrons. The van der Waals surface area contributed by atoms with Gasteiger partial charge in [0, 0.05) is 30.1 Å². The van der Waals surface area contributed by atoms with Crippen molar-refractivity contribution in [2.75, 3.05) is 18.5 Å². The lowest BCUT2D eigenvalue weighted by molar-refractivity contribution is -0.117. The molecule has 2 aliphatic rings. The van der Waals surface area contributed by atoms with Gasteiger partial charge in [0.05, 0.1) is 17.9 Å². The van der Waals surface area contributed by atoms with Crippen molar-refractivity contribution >= 4 is 34.9 Å². The Kier molecular flexibility index (Phi) is 5.16. The number of carbonyl (C=O) groups is 1. The van der Waals surface area contributed by atoms with E-state index in [0.29, 0.717) is 17.5 Å². The quantitative estimate of drug-likeness (QED) is 0.812. The second-order valence-corrected chi connectivity index (χ2v) is 6.68. The van der Waals surface area contributed by atoms with Crippen LogP contribution in [-0.2, 0) is 4.79 Å². The van der Waals surface area contributed by atoms with Crippen molar-refractivity contribution in [1.29, 1.82) is 0 Å². The SMILES string of the molecule is CC(=O)NC1=NN(C)C2CN=C(c3ccccc3)c3cc(Cl)ccc3N12.O. The number of nitrogens with zero attached hydrogens (tertiary/aromatic N) is 4. The molecular formula is C19H20ClN5O2. The first-order valence-electron chi connectivity index (χ1n) is 8.32. The highest BCUT2D eigenvalue weighted by Gasteiger charge is 2.37. The first-order valence-corrected chi connectivity index (χ1v) is 8.70. The lowest BCUT2D eigenvalue weighted by atomic mass is 10.0. The van der Waals surface area contributed by atoms with E-state index in [4.69, 9.17) is 16.6 Å². The van der Waals surface area contributed by atoms with Crippen LogP contribution in [0.2, 0.25) is 5.02 Å². The number of benzene rings is 2. The molecule has 4 rings (SSSR count). The minimum Gasteiger partial charge on any atom is -0.412 e. The Morgan fingerprint density at radius 2 is 1.96 bits per heavy atom. The lowest BCUT2D eigenvalue weighted by Gasteiger charge is -2.28. The monoisotopic (exact) mass is 385 g/mol. The zero-order valence-electron chi connectivity index (χ0n) is 15.0. The number of hydrogen-bond acceptors (Lipinski definition) is 5. The van der Waals surface area contributed by atoms with Gasteiger partial charge in [-0.1, -0.05) is 41.9 Å². The molecule has 1 atom stereocenters. The number of nitrogens with one attached hydrogen (secondary N) is 1. The number of amides is 1. The Morgan fingerprint density at radius 3 is 2.67 bits per heavy atom. The number of fused-ring (bicyclic) bond motifs is 3. The summed E-state index contributed by atoms with van der Waals surface area (Å²) in [7, 11) is 1.88. The molecule has 8 heteroatoms. The van der Waals surface area contributed by atoms with Gasteiger partial charge in [-0.05, 0) is 18.2 Å². The van der Waals surface area contributed by atoms with E-state index in [0.717, 1.165) is 22.5 Å². The Hall–Kier alpha value is -2.90. The lowest BCUT2D eigenvalue weighted by Crippen LogP contribution is -2.48. The number of hydrogen-bond donors (Lipinski definition) is 1. The summed E-state index contributed by atoms with van der Waals surface area (Å²) in [6.45, 7) is 1.99. The molecule has 0 fully saturated rings. The fourth-order valence-corrected chi connectivity index (χ4v) is 3.47. The van der Waals surface area contributed by atoms with E-state index in [2.05, 4.69) is 10.4 Å². The van der Waals surface area contributed by atoms with E-state index in [1.165, 1.54) is 6.92 Å². The van der Waals surface area contributed by atoms with Crippen LogP contribution in [0.4, 0.5) is 5.69 Å². The van der Waals surface area contributed by atoms with Crippen LogP contribution >= 0.6 is 11.6 Å². The minimum atomic E-state index is -0.165. The first kappa shape index (κ1) is 18.9. The number of likely N-dealkylation sites (N-methyl/N-ethyl adjacent to an activating group) is 1. The number of hydrazone groups is 1. The van der Waals surface area contributed by atoms with E-state index < -0.39 is 0 Å². The van der Waals surface area contributed by atoms with Gasteiger partial charge in [0.25, 0.3) is 0 Å². The third kappa shape index (κ3) is 3.39. The van der Waals surface area contributed by atoms with Crippen LogP contribution in [-0.4, -0.2) is 47.8 Å². The number of carbonyl (C=O) groups excluding carboxylic acids is 1. The van der Waals surface area contributed by atoms with Crippen LogP contribution in [0.1, 0.15) is 18.1 Å².